The van der Waals surface area contributed by atoms with Crippen LogP contribution in [-0.2, 0) is 4.74 Å². The van der Waals surface area contributed by atoms with Crippen molar-refractivity contribution in [2.24, 2.45) is 0 Å². The Bertz CT molecular complexity index is 1230. The highest BCUT2D eigenvalue weighted by atomic mass is 16.6. The van der Waals surface area contributed by atoms with E-state index in [1.165, 1.54) is 4.57 Å². The maximum Gasteiger partial charge on any atom is 0.330 e. The first-order valence-corrected chi connectivity index (χ1v) is 11.4. The first-order chi connectivity index (χ1) is 16.0. The molecule has 0 radical (unpaired) electrons. The average Bonchev–Trinajstić information content (AvgIpc) is 3.56. The molecular formula is C26H28N2O5. The molecule has 0 spiro atoms. The van der Waals surface area contributed by atoms with E-state index in [2.05, 4.69) is 4.98 Å². The van der Waals surface area contributed by atoms with Gasteiger partial charge in [0, 0.05) is 18.2 Å². The molecule has 7 nitrogen and oxygen atoms in total. The molecule has 1 N–H and O–H groups in total. The Morgan fingerprint density at radius 2 is 1.61 bits per heavy atom. The van der Waals surface area contributed by atoms with Gasteiger partial charge in [-0.15, -0.1) is 0 Å². The van der Waals surface area contributed by atoms with Crippen molar-refractivity contribution in [3.05, 3.63) is 92.3 Å². The van der Waals surface area contributed by atoms with Gasteiger partial charge in [0.2, 0.25) is 0 Å². The van der Waals surface area contributed by atoms with Gasteiger partial charge in [-0.05, 0) is 56.9 Å². The molecule has 2 heterocycles. The standard InChI is InChI=1S/C26H28N2O5/c1-16-3-9-19(10-4-16)31-15-23-22(32-20-11-5-17(2)6-12-20)13-24(33-23)28-14-21(18-7-8-18)25(29)27-26(28)30/h3-6,9-12,14,18,22-24H,7-8,13,15H2,1-2H3,(H,27,29,30)/t22-,23+,24+/m0/s1. The molecule has 2 aromatic carbocycles. The molecule has 1 saturated heterocycles. The van der Waals surface area contributed by atoms with E-state index in [0.717, 1.165) is 35.5 Å². The normalized spacial score (nSPS) is 22.3. The predicted octanol–water partition coefficient (Wildman–Crippen LogP) is 3.84. The van der Waals surface area contributed by atoms with Crippen LogP contribution in [-0.4, -0.2) is 28.4 Å². The maximum absolute atomic E-state index is 12.6. The summed E-state index contributed by atoms with van der Waals surface area (Å²) in [7, 11) is 0. The Labute approximate surface area is 191 Å². The molecule has 172 valence electrons. The average molecular weight is 449 g/mol. The summed E-state index contributed by atoms with van der Waals surface area (Å²) < 4.78 is 20.0. The fourth-order valence-electron chi connectivity index (χ4n) is 4.15. The van der Waals surface area contributed by atoms with Crippen molar-refractivity contribution in [1.29, 1.82) is 0 Å². The largest absolute Gasteiger partial charge is 0.491 e. The first kappa shape index (κ1) is 21.5. The smallest absolute Gasteiger partial charge is 0.330 e. The van der Waals surface area contributed by atoms with Gasteiger partial charge in [-0.1, -0.05) is 35.4 Å². The molecule has 7 heteroatoms. The van der Waals surface area contributed by atoms with Crippen molar-refractivity contribution in [1.82, 2.24) is 9.55 Å². The number of aromatic nitrogens is 2. The van der Waals surface area contributed by atoms with Crippen LogP contribution in [0.1, 0.15) is 48.1 Å². The van der Waals surface area contributed by atoms with E-state index >= 15 is 0 Å². The third-order valence-electron chi connectivity index (χ3n) is 6.25. The topological polar surface area (TPSA) is 82.5 Å². The summed E-state index contributed by atoms with van der Waals surface area (Å²) in [6, 6.07) is 15.7. The van der Waals surface area contributed by atoms with Crippen molar-refractivity contribution >= 4 is 0 Å². The van der Waals surface area contributed by atoms with Crippen LogP contribution in [0.5, 0.6) is 11.5 Å². The van der Waals surface area contributed by atoms with Crippen molar-refractivity contribution in [3.8, 4) is 11.5 Å². The summed E-state index contributed by atoms with van der Waals surface area (Å²) in [4.78, 5) is 27.3. The zero-order valence-electron chi connectivity index (χ0n) is 18.8. The van der Waals surface area contributed by atoms with Gasteiger partial charge in [0.25, 0.3) is 5.56 Å². The van der Waals surface area contributed by atoms with E-state index in [-0.39, 0.29) is 30.3 Å². The number of H-pyrrole nitrogens is 1. The Morgan fingerprint density at radius 1 is 0.970 bits per heavy atom. The van der Waals surface area contributed by atoms with Crippen molar-refractivity contribution < 1.29 is 14.2 Å². The highest BCUT2D eigenvalue weighted by molar-refractivity contribution is 5.27. The van der Waals surface area contributed by atoms with Crippen molar-refractivity contribution in [3.63, 3.8) is 0 Å². The first-order valence-electron chi connectivity index (χ1n) is 11.4. The molecule has 1 aliphatic heterocycles. The fourth-order valence-corrected chi connectivity index (χ4v) is 4.15. The molecule has 0 bridgehead atoms. The number of hydrogen-bond acceptors (Lipinski definition) is 5. The number of aromatic amines is 1. The van der Waals surface area contributed by atoms with Crippen LogP contribution < -0.4 is 20.7 Å². The molecular weight excluding hydrogens is 420 g/mol. The summed E-state index contributed by atoms with van der Waals surface area (Å²) in [5.74, 6) is 1.71. The van der Waals surface area contributed by atoms with Gasteiger partial charge in [-0.2, -0.15) is 0 Å². The fraction of sp³-hybridized carbons (Fsp3) is 0.385. The van der Waals surface area contributed by atoms with Crippen LogP contribution >= 0.6 is 0 Å². The van der Waals surface area contributed by atoms with Gasteiger partial charge in [0.15, 0.2) is 0 Å². The van der Waals surface area contributed by atoms with Crippen LogP contribution in [0, 0.1) is 13.8 Å². The Balaban J connectivity index is 1.38. The highest BCUT2D eigenvalue weighted by Gasteiger charge is 2.39. The summed E-state index contributed by atoms with van der Waals surface area (Å²) in [5.41, 5.74) is 2.18. The van der Waals surface area contributed by atoms with Crippen molar-refractivity contribution in [2.45, 2.75) is 57.5 Å². The molecule has 2 aliphatic rings. The Morgan fingerprint density at radius 3 is 2.24 bits per heavy atom. The minimum atomic E-state index is -0.547. The van der Waals surface area contributed by atoms with E-state index in [0.29, 0.717) is 12.0 Å². The molecule has 0 unspecified atom stereocenters. The lowest BCUT2D eigenvalue weighted by atomic mass is 10.1. The number of nitrogens with one attached hydrogen (secondary N) is 1. The Kier molecular flexibility index (Phi) is 5.81. The minimum Gasteiger partial charge on any atom is -0.491 e. The van der Waals surface area contributed by atoms with E-state index in [1.807, 2.05) is 62.4 Å². The van der Waals surface area contributed by atoms with E-state index < -0.39 is 11.9 Å². The summed E-state index contributed by atoms with van der Waals surface area (Å²) in [6.45, 7) is 4.33. The zero-order chi connectivity index (χ0) is 22.9. The lowest BCUT2D eigenvalue weighted by Gasteiger charge is -2.20. The SMILES string of the molecule is Cc1ccc(OC[C@H]2O[C@@H](n3cc(C4CC4)c(=O)[nH]c3=O)C[C@@H]2Oc2ccc(C)cc2)cc1. The molecule has 1 aliphatic carbocycles. The second-order valence-corrected chi connectivity index (χ2v) is 8.98. The summed E-state index contributed by atoms with van der Waals surface area (Å²) in [6.07, 6.45) is 2.82. The summed E-state index contributed by atoms with van der Waals surface area (Å²) in [5, 5.41) is 0. The summed E-state index contributed by atoms with van der Waals surface area (Å²) >= 11 is 0. The van der Waals surface area contributed by atoms with Gasteiger partial charge >= 0.3 is 5.69 Å². The third kappa shape index (κ3) is 4.88. The third-order valence-corrected chi connectivity index (χ3v) is 6.25. The molecule has 5 rings (SSSR count). The molecule has 1 saturated carbocycles. The van der Waals surface area contributed by atoms with E-state index in [9.17, 15) is 9.59 Å². The lowest BCUT2D eigenvalue weighted by Crippen LogP contribution is -2.34. The molecule has 0 amide bonds. The Hall–Kier alpha value is -3.32. The zero-order valence-corrected chi connectivity index (χ0v) is 18.8. The molecule has 33 heavy (non-hydrogen) atoms. The van der Waals surface area contributed by atoms with Crippen LogP contribution in [0.25, 0.3) is 0 Å². The van der Waals surface area contributed by atoms with Crippen molar-refractivity contribution in [2.75, 3.05) is 6.61 Å². The number of benzene rings is 2. The van der Waals surface area contributed by atoms with Gasteiger partial charge in [0.05, 0.1) is 0 Å². The van der Waals surface area contributed by atoms with Crippen LogP contribution in [0.15, 0.2) is 64.3 Å². The predicted molar refractivity (Wildman–Crippen MR) is 124 cm³/mol. The number of hydrogen-bond donors (Lipinski definition) is 1. The van der Waals surface area contributed by atoms with Crippen LogP contribution in [0.4, 0.5) is 0 Å². The molecule has 2 fully saturated rings. The van der Waals surface area contributed by atoms with E-state index in [1.54, 1.807) is 6.20 Å². The van der Waals surface area contributed by atoms with Gasteiger partial charge in [0.1, 0.15) is 36.5 Å². The highest BCUT2D eigenvalue weighted by Crippen LogP contribution is 2.38. The van der Waals surface area contributed by atoms with Crippen LogP contribution in [0.2, 0.25) is 0 Å². The number of aryl methyl sites for hydroxylation is 2. The lowest BCUT2D eigenvalue weighted by molar-refractivity contribution is -0.0372. The number of rotatable bonds is 7. The monoisotopic (exact) mass is 448 g/mol. The van der Waals surface area contributed by atoms with Crippen LogP contribution in [0.3, 0.4) is 0 Å². The molecule has 3 aromatic rings. The van der Waals surface area contributed by atoms with Gasteiger partial charge < -0.3 is 14.2 Å². The molecule has 3 atom stereocenters. The van der Waals surface area contributed by atoms with E-state index in [4.69, 9.17) is 14.2 Å². The second kappa shape index (κ2) is 8.90. The second-order valence-electron chi connectivity index (χ2n) is 8.98. The number of ether oxygens (including phenoxy) is 3. The molecule has 1 aromatic heterocycles. The minimum absolute atomic E-state index is 0.224. The van der Waals surface area contributed by atoms with Gasteiger partial charge in [-0.3, -0.25) is 14.3 Å². The number of nitrogens with zero attached hydrogens (tertiary/aromatic N) is 1. The quantitative estimate of drug-likeness (QED) is 0.594. The maximum atomic E-state index is 12.6. The van der Waals surface area contributed by atoms with Gasteiger partial charge in [-0.25, -0.2) is 4.79 Å².